The van der Waals surface area contributed by atoms with Crippen LogP contribution in [0.1, 0.15) is 17.7 Å². The molecule has 0 aliphatic rings. The second kappa shape index (κ2) is 8.11. The zero-order valence-electron chi connectivity index (χ0n) is 14.7. The van der Waals surface area contributed by atoms with E-state index in [1.54, 1.807) is 25.3 Å². The highest BCUT2D eigenvalue weighted by atomic mass is 35.5. The molecule has 0 atom stereocenters. The lowest BCUT2D eigenvalue weighted by molar-refractivity contribution is -0.116. The molecule has 2 aromatic carbocycles. The van der Waals surface area contributed by atoms with Gasteiger partial charge in [0, 0.05) is 24.1 Å². The van der Waals surface area contributed by atoms with Crippen LogP contribution in [0, 0.1) is 6.92 Å². The molecule has 3 aromatic rings. The van der Waals surface area contributed by atoms with Gasteiger partial charge in [-0.25, -0.2) is 0 Å². The van der Waals surface area contributed by atoms with E-state index in [2.05, 4.69) is 5.32 Å². The van der Waals surface area contributed by atoms with Crippen LogP contribution >= 0.6 is 11.6 Å². The van der Waals surface area contributed by atoms with Gasteiger partial charge in [-0.2, -0.15) is 0 Å². The SMILES string of the molecule is COc1ccc(NC(=O)CCc2ccc(-c3ccc(C)cc3)o2)cc1Cl. The van der Waals surface area contributed by atoms with Crippen LogP contribution in [0.3, 0.4) is 0 Å². The number of carbonyl (C=O) groups excluding carboxylic acids is 1. The zero-order valence-corrected chi connectivity index (χ0v) is 15.5. The van der Waals surface area contributed by atoms with E-state index in [0.717, 1.165) is 17.1 Å². The predicted molar refractivity (Wildman–Crippen MR) is 104 cm³/mol. The fourth-order valence-electron chi connectivity index (χ4n) is 2.59. The predicted octanol–water partition coefficient (Wildman–Crippen LogP) is 5.49. The third-order valence-electron chi connectivity index (χ3n) is 4.03. The second-order valence-electron chi connectivity index (χ2n) is 6.03. The number of halogens is 1. The minimum Gasteiger partial charge on any atom is -0.495 e. The van der Waals surface area contributed by atoms with Gasteiger partial charge in [0.15, 0.2) is 0 Å². The Labute approximate surface area is 157 Å². The first-order valence-corrected chi connectivity index (χ1v) is 8.72. The lowest BCUT2D eigenvalue weighted by atomic mass is 10.1. The molecule has 0 unspecified atom stereocenters. The number of carbonyl (C=O) groups is 1. The number of nitrogens with one attached hydrogen (secondary N) is 1. The quantitative estimate of drug-likeness (QED) is 0.625. The molecule has 134 valence electrons. The Balaban J connectivity index is 1.56. The summed E-state index contributed by atoms with van der Waals surface area (Å²) in [4.78, 5) is 12.1. The van der Waals surface area contributed by atoms with Crippen molar-refractivity contribution < 1.29 is 13.9 Å². The normalized spacial score (nSPS) is 10.6. The van der Waals surface area contributed by atoms with Gasteiger partial charge in [-0.3, -0.25) is 4.79 Å². The van der Waals surface area contributed by atoms with Crippen LogP contribution in [0.15, 0.2) is 59.0 Å². The maximum atomic E-state index is 12.1. The van der Waals surface area contributed by atoms with Crippen LogP contribution in [0.25, 0.3) is 11.3 Å². The van der Waals surface area contributed by atoms with Crippen molar-refractivity contribution in [2.45, 2.75) is 19.8 Å². The summed E-state index contributed by atoms with van der Waals surface area (Å²) in [5, 5.41) is 3.29. The Bertz CT molecular complexity index is 900. The molecule has 1 N–H and O–H groups in total. The lowest BCUT2D eigenvalue weighted by Crippen LogP contribution is -2.12. The number of rotatable bonds is 6. The largest absolute Gasteiger partial charge is 0.495 e. The molecule has 1 amide bonds. The summed E-state index contributed by atoms with van der Waals surface area (Å²) < 4.78 is 10.9. The molecule has 1 heterocycles. The number of benzene rings is 2. The molecule has 0 saturated carbocycles. The van der Waals surface area contributed by atoms with Crippen LogP contribution in [-0.2, 0) is 11.2 Å². The number of methoxy groups -OCH3 is 1. The number of ether oxygens (including phenoxy) is 1. The first kappa shape index (κ1) is 18.1. The van der Waals surface area contributed by atoms with Crippen molar-refractivity contribution >= 4 is 23.2 Å². The average molecular weight is 370 g/mol. The molecule has 3 rings (SSSR count). The Kier molecular flexibility index (Phi) is 5.64. The summed E-state index contributed by atoms with van der Waals surface area (Å²) in [6, 6.07) is 17.1. The molecule has 26 heavy (non-hydrogen) atoms. The summed E-state index contributed by atoms with van der Waals surface area (Å²) in [7, 11) is 1.55. The topological polar surface area (TPSA) is 51.5 Å². The Morgan fingerprint density at radius 1 is 1.12 bits per heavy atom. The van der Waals surface area contributed by atoms with Crippen molar-refractivity contribution in [2.75, 3.05) is 12.4 Å². The fourth-order valence-corrected chi connectivity index (χ4v) is 2.85. The Morgan fingerprint density at radius 2 is 1.88 bits per heavy atom. The number of anilines is 1. The number of furan rings is 1. The van der Waals surface area contributed by atoms with E-state index in [1.165, 1.54) is 5.56 Å². The van der Waals surface area contributed by atoms with Crippen molar-refractivity contribution in [3.05, 3.63) is 70.9 Å². The number of hydrogen-bond acceptors (Lipinski definition) is 3. The summed E-state index contributed by atoms with van der Waals surface area (Å²) in [6.45, 7) is 2.05. The van der Waals surface area contributed by atoms with Crippen molar-refractivity contribution in [2.24, 2.45) is 0 Å². The number of amides is 1. The van der Waals surface area contributed by atoms with Gasteiger partial charge >= 0.3 is 0 Å². The van der Waals surface area contributed by atoms with Crippen LogP contribution in [0.4, 0.5) is 5.69 Å². The van der Waals surface area contributed by atoms with Gasteiger partial charge in [0.2, 0.25) is 5.91 Å². The Morgan fingerprint density at radius 3 is 2.58 bits per heavy atom. The number of hydrogen-bond donors (Lipinski definition) is 1. The minimum atomic E-state index is -0.0977. The first-order valence-electron chi connectivity index (χ1n) is 8.34. The van der Waals surface area contributed by atoms with Gasteiger partial charge < -0.3 is 14.5 Å². The maximum absolute atomic E-state index is 12.1. The van der Waals surface area contributed by atoms with E-state index < -0.39 is 0 Å². The number of aryl methyl sites for hydroxylation is 2. The maximum Gasteiger partial charge on any atom is 0.224 e. The van der Waals surface area contributed by atoms with Gasteiger partial charge in [0.25, 0.3) is 0 Å². The van der Waals surface area contributed by atoms with E-state index in [4.69, 9.17) is 20.8 Å². The van der Waals surface area contributed by atoms with Gasteiger partial charge in [0.1, 0.15) is 17.3 Å². The van der Waals surface area contributed by atoms with Crippen molar-refractivity contribution in [3.8, 4) is 17.1 Å². The molecule has 4 nitrogen and oxygen atoms in total. The van der Waals surface area contributed by atoms with Gasteiger partial charge in [-0.15, -0.1) is 0 Å². The first-order chi connectivity index (χ1) is 12.5. The van der Waals surface area contributed by atoms with Crippen molar-refractivity contribution in [1.82, 2.24) is 0 Å². The molecule has 0 spiro atoms. The monoisotopic (exact) mass is 369 g/mol. The molecule has 0 fully saturated rings. The van der Waals surface area contributed by atoms with Crippen LogP contribution < -0.4 is 10.1 Å². The Hall–Kier alpha value is -2.72. The third kappa shape index (κ3) is 4.46. The lowest BCUT2D eigenvalue weighted by Gasteiger charge is -2.07. The van der Waals surface area contributed by atoms with Crippen molar-refractivity contribution in [3.63, 3.8) is 0 Å². The van der Waals surface area contributed by atoms with E-state index >= 15 is 0 Å². The van der Waals surface area contributed by atoms with E-state index in [9.17, 15) is 4.79 Å². The average Bonchev–Trinajstić information content (AvgIpc) is 3.10. The molecule has 0 bridgehead atoms. The van der Waals surface area contributed by atoms with Crippen LogP contribution in [0.2, 0.25) is 5.02 Å². The summed E-state index contributed by atoms with van der Waals surface area (Å²) in [5.74, 6) is 2.06. The van der Waals surface area contributed by atoms with Gasteiger partial charge in [-0.05, 0) is 37.3 Å². The van der Waals surface area contributed by atoms with E-state index in [0.29, 0.717) is 29.3 Å². The van der Waals surface area contributed by atoms with E-state index in [-0.39, 0.29) is 5.91 Å². The highest BCUT2D eigenvalue weighted by Crippen LogP contribution is 2.27. The minimum absolute atomic E-state index is 0.0977. The molecule has 5 heteroatoms. The van der Waals surface area contributed by atoms with Crippen molar-refractivity contribution in [1.29, 1.82) is 0 Å². The fraction of sp³-hybridized carbons (Fsp3) is 0.190. The molecule has 0 aliphatic carbocycles. The van der Waals surface area contributed by atoms with Crippen LogP contribution in [0.5, 0.6) is 5.75 Å². The molecule has 1 aromatic heterocycles. The second-order valence-corrected chi connectivity index (χ2v) is 6.44. The molecule has 0 radical (unpaired) electrons. The van der Waals surface area contributed by atoms with Gasteiger partial charge in [0.05, 0.1) is 12.1 Å². The van der Waals surface area contributed by atoms with E-state index in [1.807, 2.05) is 43.3 Å². The summed E-state index contributed by atoms with van der Waals surface area (Å²) in [6.07, 6.45) is 0.853. The van der Waals surface area contributed by atoms with Crippen LogP contribution in [-0.4, -0.2) is 13.0 Å². The molecule has 0 saturated heterocycles. The highest BCUT2D eigenvalue weighted by Gasteiger charge is 2.09. The standard InChI is InChI=1S/C21H20ClNO3/c1-14-3-5-15(6-4-14)19-11-8-17(26-19)9-12-21(24)23-16-7-10-20(25-2)18(22)13-16/h3-8,10-11,13H,9,12H2,1-2H3,(H,23,24). The zero-order chi connectivity index (χ0) is 18.5. The summed E-state index contributed by atoms with van der Waals surface area (Å²) >= 11 is 6.07. The highest BCUT2D eigenvalue weighted by molar-refractivity contribution is 6.32. The van der Waals surface area contributed by atoms with Gasteiger partial charge in [-0.1, -0.05) is 41.4 Å². The molecular formula is C21H20ClNO3. The smallest absolute Gasteiger partial charge is 0.224 e. The summed E-state index contributed by atoms with van der Waals surface area (Å²) in [5.41, 5.74) is 2.87. The molecular weight excluding hydrogens is 350 g/mol. The third-order valence-corrected chi connectivity index (χ3v) is 4.33. The molecule has 0 aliphatic heterocycles.